The molecule has 0 bridgehead atoms. The van der Waals surface area contributed by atoms with Gasteiger partial charge >= 0.3 is 0 Å². The highest BCUT2D eigenvalue weighted by Crippen LogP contribution is 2.21. The first-order valence-corrected chi connectivity index (χ1v) is 9.12. The van der Waals surface area contributed by atoms with Crippen molar-refractivity contribution in [3.63, 3.8) is 0 Å². The van der Waals surface area contributed by atoms with E-state index in [-0.39, 0.29) is 22.9 Å². The van der Waals surface area contributed by atoms with Crippen LogP contribution in [0.4, 0.5) is 10.1 Å². The lowest BCUT2D eigenvalue weighted by atomic mass is 10.3. The van der Waals surface area contributed by atoms with Crippen LogP contribution in [0, 0.1) is 5.82 Å². The molecule has 0 saturated heterocycles. The second-order valence-corrected chi connectivity index (χ2v) is 6.75. The summed E-state index contributed by atoms with van der Waals surface area (Å²) in [6.45, 7) is 2.32. The van der Waals surface area contributed by atoms with Crippen molar-refractivity contribution >= 4 is 44.9 Å². The van der Waals surface area contributed by atoms with E-state index >= 15 is 0 Å². The summed E-state index contributed by atoms with van der Waals surface area (Å²) in [4.78, 5) is 28.9. The number of thioether (sulfide) groups is 1. The Kier molecular flexibility index (Phi) is 4.96. The second kappa shape index (κ2) is 7.14. The molecule has 0 saturated carbocycles. The maximum Gasteiger partial charge on any atom is 0.272 e. The molecule has 2 heterocycles. The van der Waals surface area contributed by atoms with Gasteiger partial charge in [-0.05, 0) is 30.5 Å². The highest BCUT2D eigenvalue weighted by molar-refractivity contribution is 7.99. The average molecular weight is 363 g/mol. The van der Waals surface area contributed by atoms with Gasteiger partial charge in [-0.1, -0.05) is 23.9 Å². The van der Waals surface area contributed by atoms with Crippen molar-refractivity contribution in [1.82, 2.24) is 9.55 Å². The number of hydrogen-bond donors (Lipinski definition) is 1. The van der Waals surface area contributed by atoms with E-state index in [1.165, 1.54) is 23.5 Å². The molecule has 0 aliphatic heterocycles. The van der Waals surface area contributed by atoms with Crippen LogP contribution in [-0.2, 0) is 11.3 Å². The third-order valence-corrected chi connectivity index (χ3v) is 5.20. The van der Waals surface area contributed by atoms with Crippen molar-refractivity contribution < 1.29 is 9.18 Å². The van der Waals surface area contributed by atoms with Crippen LogP contribution in [0.1, 0.15) is 6.92 Å². The number of thiophene rings is 1. The Morgan fingerprint density at radius 2 is 2.17 bits per heavy atom. The molecule has 5 nitrogen and oxygen atoms in total. The highest BCUT2D eigenvalue weighted by atomic mass is 32.2. The number of fused-ring (bicyclic) bond motifs is 1. The molecule has 0 aliphatic carbocycles. The number of nitrogens with one attached hydrogen (secondary N) is 1. The average Bonchev–Trinajstić information content (AvgIpc) is 3.04. The molecule has 0 radical (unpaired) electrons. The fraction of sp³-hybridized carbons (Fsp3) is 0.188. The fourth-order valence-electron chi connectivity index (χ4n) is 2.19. The number of rotatable bonds is 5. The third kappa shape index (κ3) is 3.34. The molecule has 3 aromatic rings. The van der Waals surface area contributed by atoms with Crippen LogP contribution in [-0.4, -0.2) is 21.2 Å². The summed E-state index contributed by atoms with van der Waals surface area (Å²) in [7, 11) is 0. The molecule has 1 aromatic carbocycles. The van der Waals surface area contributed by atoms with E-state index in [0.29, 0.717) is 21.9 Å². The molecule has 0 atom stereocenters. The number of hydrogen-bond acceptors (Lipinski definition) is 5. The van der Waals surface area contributed by atoms with Crippen molar-refractivity contribution in [2.24, 2.45) is 0 Å². The van der Waals surface area contributed by atoms with Crippen molar-refractivity contribution in [2.45, 2.75) is 18.6 Å². The predicted octanol–water partition coefficient (Wildman–Crippen LogP) is 3.35. The Balaban J connectivity index is 1.77. The summed E-state index contributed by atoms with van der Waals surface area (Å²) in [5.74, 6) is -0.803. The van der Waals surface area contributed by atoms with Gasteiger partial charge in [0.2, 0.25) is 5.91 Å². The van der Waals surface area contributed by atoms with Crippen LogP contribution in [0.3, 0.4) is 0 Å². The third-order valence-electron chi connectivity index (χ3n) is 3.33. The molecule has 0 spiro atoms. The molecular weight excluding hydrogens is 349 g/mol. The Bertz CT molecular complexity index is 952. The van der Waals surface area contributed by atoms with Gasteiger partial charge in [-0.25, -0.2) is 9.37 Å². The topological polar surface area (TPSA) is 64.0 Å². The van der Waals surface area contributed by atoms with Crippen LogP contribution in [0.25, 0.3) is 10.2 Å². The van der Waals surface area contributed by atoms with Crippen LogP contribution in [0.2, 0.25) is 0 Å². The maximum absolute atomic E-state index is 13.5. The van der Waals surface area contributed by atoms with Gasteiger partial charge in [-0.3, -0.25) is 14.2 Å². The normalized spacial score (nSPS) is 10.9. The molecular formula is C16H14FN3O2S2. The maximum atomic E-state index is 13.5. The van der Waals surface area contributed by atoms with Crippen LogP contribution in [0.15, 0.2) is 45.7 Å². The van der Waals surface area contributed by atoms with E-state index in [2.05, 4.69) is 10.3 Å². The van der Waals surface area contributed by atoms with Crippen molar-refractivity contribution in [1.29, 1.82) is 0 Å². The number of benzene rings is 1. The number of carbonyl (C=O) groups is 1. The van der Waals surface area contributed by atoms with Crippen LogP contribution >= 0.6 is 23.1 Å². The first-order valence-electron chi connectivity index (χ1n) is 7.25. The van der Waals surface area contributed by atoms with Gasteiger partial charge in [0.1, 0.15) is 10.5 Å². The monoisotopic (exact) mass is 363 g/mol. The summed E-state index contributed by atoms with van der Waals surface area (Å²) < 4.78 is 15.7. The standard InChI is InChI=1S/C16H14FN3O2S2/c1-2-20-15(22)14-12(7-8-23-14)19-16(20)24-9-13(21)18-11-6-4-3-5-10(11)17/h3-8H,2,9H2,1H3,(H,18,21). The molecule has 0 fully saturated rings. The molecule has 1 amide bonds. The molecule has 124 valence electrons. The molecule has 8 heteroatoms. The number of para-hydroxylation sites is 1. The molecule has 2 aromatic heterocycles. The summed E-state index contributed by atoms with van der Waals surface area (Å²) in [6.07, 6.45) is 0. The predicted molar refractivity (Wildman–Crippen MR) is 95.3 cm³/mol. The quantitative estimate of drug-likeness (QED) is 0.558. The van der Waals surface area contributed by atoms with E-state index < -0.39 is 5.82 Å². The van der Waals surface area contributed by atoms with E-state index in [4.69, 9.17) is 0 Å². The zero-order valence-corrected chi connectivity index (χ0v) is 14.4. The Morgan fingerprint density at radius 1 is 1.38 bits per heavy atom. The van der Waals surface area contributed by atoms with Gasteiger partial charge in [-0.2, -0.15) is 0 Å². The van der Waals surface area contributed by atoms with Crippen molar-refractivity contribution in [2.75, 3.05) is 11.1 Å². The van der Waals surface area contributed by atoms with Crippen LogP contribution < -0.4 is 10.9 Å². The zero-order chi connectivity index (χ0) is 17.1. The number of carbonyl (C=O) groups excluding carboxylic acids is 1. The van der Waals surface area contributed by atoms with Gasteiger partial charge in [0.05, 0.1) is 17.0 Å². The number of halogens is 1. The minimum Gasteiger partial charge on any atom is -0.323 e. The minimum absolute atomic E-state index is 0.0381. The lowest BCUT2D eigenvalue weighted by Gasteiger charge is -2.10. The Labute approximate surface area is 145 Å². The lowest BCUT2D eigenvalue weighted by Crippen LogP contribution is -2.22. The number of nitrogens with zero attached hydrogens (tertiary/aromatic N) is 2. The Morgan fingerprint density at radius 3 is 2.92 bits per heavy atom. The van der Waals surface area contributed by atoms with E-state index in [1.54, 1.807) is 22.8 Å². The minimum atomic E-state index is -0.487. The smallest absolute Gasteiger partial charge is 0.272 e. The fourth-order valence-corrected chi connectivity index (χ4v) is 3.83. The van der Waals surface area contributed by atoms with Crippen molar-refractivity contribution in [3.8, 4) is 0 Å². The first kappa shape index (κ1) is 16.7. The summed E-state index contributed by atoms with van der Waals surface area (Å²) >= 11 is 2.51. The lowest BCUT2D eigenvalue weighted by molar-refractivity contribution is -0.113. The number of aromatic nitrogens is 2. The van der Waals surface area contributed by atoms with Gasteiger partial charge in [0, 0.05) is 6.54 Å². The second-order valence-electron chi connectivity index (χ2n) is 4.90. The number of amides is 1. The summed E-state index contributed by atoms with van der Waals surface area (Å²) in [5, 5.41) is 4.82. The molecule has 24 heavy (non-hydrogen) atoms. The van der Waals surface area contributed by atoms with Gasteiger partial charge in [0.25, 0.3) is 5.56 Å². The van der Waals surface area contributed by atoms with E-state index in [9.17, 15) is 14.0 Å². The van der Waals surface area contributed by atoms with E-state index in [1.807, 2.05) is 12.3 Å². The summed E-state index contributed by atoms with van der Waals surface area (Å²) in [6, 6.07) is 7.76. The van der Waals surface area contributed by atoms with Gasteiger partial charge < -0.3 is 5.32 Å². The molecule has 1 N–H and O–H groups in total. The number of anilines is 1. The molecule has 0 aliphatic rings. The highest BCUT2D eigenvalue weighted by Gasteiger charge is 2.13. The Hall–Kier alpha value is -2.19. The van der Waals surface area contributed by atoms with Gasteiger partial charge in [-0.15, -0.1) is 11.3 Å². The largest absolute Gasteiger partial charge is 0.323 e. The van der Waals surface area contributed by atoms with Gasteiger partial charge in [0.15, 0.2) is 5.16 Å². The molecule has 3 rings (SSSR count). The summed E-state index contributed by atoms with van der Waals surface area (Å²) in [5.41, 5.74) is 0.665. The SMILES string of the molecule is CCn1c(SCC(=O)Nc2ccccc2F)nc2ccsc2c1=O. The van der Waals surface area contributed by atoms with Crippen LogP contribution in [0.5, 0.6) is 0 Å². The van der Waals surface area contributed by atoms with E-state index in [0.717, 1.165) is 11.8 Å². The van der Waals surface area contributed by atoms with Crippen molar-refractivity contribution in [3.05, 3.63) is 51.9 Å². The first-order chi connectivity index (χ1) is 11.6. The zero-order valence-electron chi connectivity index (χ0n) is 12.8. The molecule has 0 unspecified atom stereocenters.